The smallest absolute Gasteiger partial charge is 0.244 e. The van der Waals surface area contributed by atoms with Gasteiger partial charge in [0.2, 0.25) is 5.91 Å². The maximum atomic E-state index is 13.5. The SMILES string of the molecule is C/C=C(\N=C/Cc1nc(-c2cnn(C)c2)cn2ncc(C#N)c12)N1CCN(C(=O)C(c2ccc(C)cc2)N(C)C)CC1. The molecule has 0 N–H and O–H groups in total. The molecule has 1 amide bonds. The number of piperazine rings is 1. The van der Waals surface area contributed by atoms with Gasteiger partial charge < -0.3 is 9.80 Å². The Labute approximate surface area is 246 Å². The lowest BCUT2D eigenvalue weighted by Gasteiger charge is -2.38. The summed E-state index contributed by atoms with van der Waals surface area (Å²) in [6.45, 7) is 6.65. The molecule has 0 aliphatic carbocycles. The van der Waals surface area contributed by atoms with Gasteiger partial charge in [-0.1, -0.05) is 29.8 Å². The fourth-order valence-corrected chi connectivity index (χ4v) is 5.31. The van der Waals surface area contributed by atoms with Crippen molar-refractivity contribution in [2.45, 2.75) is 26.3 Å². The highest BCUT2D eigenvalue weighted by molar-refractivity contribution is 5.83. The third kappa shape index (κ3) is 5.94. The maximum Gasteiger partial charge on any atom is 0.244 e. The van der Waals surface area contributed by atoms with Crippen molar-refractivity contribution in [2.75, 3.05) is 40.3 Å². The number of nitriles is 1. The second kappa shape index (κ2) is 12.4. The van der Waals surface area contributed by atoms with E-state index in [4.69, 9.17) is 9.98 Å². The van der Waals surface area contributed by atoms with Gasteiger partial charge in [-0.3, -0.25) is 14.4 Å². The monoisotopic (exact) mass is 564 g/mol. The van der Waals surface area contributed by atoms with E-state index in [1.54, 1.807) is 21.6 Å². The number of benzene rings is 1. The van der Waals surface area contributed by atoms with E-state index in [2.05, 4.69) is 40.2 Å². The molecule has 5 rings (SSSR count). The summed E-state index contributed by atoms with van der Waals surface area (Å²) in [5.41, 5.74) is 5.63. The summed E-state index contributed by atoms with van der Waals surface area (Å²) in [5.74, 6) is 0.963. The molecule has 1 aromatic carbocycles. The molecule has 216 valence electrons. The minimum atomic E-state index is -0.315. The Morgan fingerprint density at radius 3 is 2.43 bits per heavy atom. The lowest BCUT2D eigenvalue weighted by molar-refractivity contribution is -0.137. The summed E-state index contributed by atoms with van der Waals surface area (Å²) in [6, 6.07) is 10.1. The highest BCUT2D eigenvalue weighted by Gasteiger charge is 2.30. The van der Waals surface area contributed by atoms with Crippen molar-refractivity contribution in [1.82, 2.24) is 39.1 Å². The Morgan fingerprint density at radius 2 is 1.81 bits per heavy atom. The van der Waals surface area contributed by atoms with E-state index in [-0.39, 0.29) is 11.9 Å². The number of aryl methyl sites for hydroxylation is 2. The molecule has 0 saturated carbocycles. The van der Waals surface area contributed by atoms with E-state index in [9.17, 15) is 10.1 Å². The summed E-state index contributed by atoms with van der Waals surface area (Å²) in [4.78, 5) is 29.3. The number of amides is 1. The molecule has 0 spiro atoms. The molecule has 4 aromatic rings. The van der Waals surface area contributed by atoms with Crippen LogP contribution in [0.15, 0.2) is 65.9 Å². The van der Waals surface area contributed by atoms with Crippen molar-refractivity contribution < 1.29 is 4.79 Å². The number of fused-ring (bicyclic) bond motifs is 1. The summed E-state index contributed by atoms with van der Waals surface area (Å²) < 4.78 is 3.42. The van der Waals surface area contributed by atoms with Crippen LogP contribution in [0.25, 0.3) is 16.8 Å². The Balaban J connectivity index is 1.28. The first kappa shape index (κ1) is 28.7. The maximum absolute atomic E-state index is 13.5. The minimum absolute atomic E-state index is 0.117. The zero-order chi connectivity index (χ0) is 29.8. The summed E-state index contributed by atoms with van der Waals surface area (Å²) >= 11 is 0. The molecule has 1 aliphatic heterocycles. The number of likely N-dealkylation sites (N-methyl/N-ethyl adjacent to an activating group) is 1. The van der Waals surface area contributed by atoms with Crippen LogP contribution in [-0.4, -0.2) is 91.5 Å². The van der Waals surface area contributed by atoms with Crippen molar-refractivity contribution in [2.24, 2.45) is 12.0 Å². The van der Waals surface area contributed by atoms with Gasteiger partial charge in [-0.15, -0.1) is 0 Å². The van der Waals surface area contributed by atoms with Crippen molar-refractivity contribution in [1.29, 1.82) is 5.26 Å². The van der Waals surface area contributed by atoms with Gasteiger partial charge in [-0.25, -0.2) is 14.5 Å². The third-order valence-electron chi connectivity index (χ3n) is 7.52. The van der Waals surface area contributed by atoms with E-state index < -0.39 is 0 Å². The summed E-state index contributed by atoms with van der Waals surface area (Å²) in [7, 11) is 5.75. The molecular weight excluding hydrogens is 528 g/mol. The van der Waals surface area contributed by atoms with Gasteiger partial charge in [0.05, 0.1) is 35.5 Å². The molecule has 42 heavy (non-hydrogen) atoms. The van der Waals surface area contributed by atoms with Crippen LogP contribution in [0, 0.1) is 18.3 Å². The highest BCUT2D eigenvalue weighted by Crippen LogP contribution is 2.24. The van der Waals surface area contributed by atoms with Crippen LogP contribution < -0.4 is 0 Å². The highest BCUT2D eigenvalue weighted by atomic mass is 16.2. The molecule has 1 saturated heterocycles. The van der Waals surface area contributed by atoms with E-state index in [0.717, 1.165) is 22.6 Å². The van der Waals surface area contributed by atoms with Crippen LogP contribution in [-0.2, 0) is 18.3 Å². The second-order valence-corrected chi connectivity index (χ2v) is 10.7. The topological polar surface area (TPSA) is 111 Å². The molecule has 4 heterocycles. The van der Waals surface area contributed by atoms with Gasteiger partial charge in [0.1, 0.15) is 23.4 Å². The average Bonchev–Trinajstić information content (AvgIpc) is 3.62. The molecule has 1 fully saturated rings. The van der Waals surface area contributed by atoms with Crippen molar-refractivity contribution >= 4 is 17.6 Å². The van der Waals surface area contributed by atoms with Gasteiger partial charge in [-0.2, -0.15) is 15.5 Å². The number of allylic oxidation sites excluding steroid dienone is 1. The molecule has 1 atom stereocenters. The van der Waals surface area contributed by atoms with Crippen LogP contribution in [0.1, 0.15) is 35.3 Å². The van der Waals surface area contributed by atoms with Gasteiger partial charge in [0, 0.05) is 57.6 Å². The van der Waals surface area contributed by atoms with E-state index >= 15 is 0 Å². The van der Waals surface area contributed by atoms with E-state index in [1.807, 2.05) is 74.7 Å². The largest absolute Gasteiger partial charge is 0.353 e. The molecule has 1 aliphatic rings. The number of hydrogen-bond donors (Lipinski definition) is 0. The van der Waals surface area contributed by atoms with Crippen LogP contribution >= 0.6 is 0 Å². The zero-order valence-electron chi connectivity index (χ0n) is 24.8. The first-order valence-electron chi connectivity index (χ1n) is 14.0. The second-order valence-electron chi connectivity index (χ2n) is 10.7. The fraction of sp³-hybridized carbons (Fsp3) is 0.355. The third-order valence-corrected chi connectivity index (χ3v) is 7.52. The molecule has 0 radical (unpaired) electrons. The number of aromatic nitrogens is 5. The predicted molar refractivity (Wildman–Crippen MR) is 162 cm³/mol. The Hall–Kier alpha value is -4.82. The van der Waals surface area contributed by atoms with Crippen molar-refractivity contribution in [3.8, 4) is 17.3 Å². The number of carbonyl (C=O) groups is 1. The lowest BCUT2D eigenvalue weighted by atomic mass is 10.0. The van der Waals surface area contributed by atoms with Crippen LogP contribution in [0.5, 0.6) is 0 Å². The Morgan fingerprint density at radius 1 is 1.10 bits per heavy atom. The van der Waals surface area contributed by atoms with E-state index in [1.165, 1.54) is 5.56 Å². The predicted octanol–water partition coefficient (Wildman–Crippen LogP) is 3.23. The van der Waals surface area contributed by atoms with Gasteiger partial charge >= 0.3 is 0 Å². The van der Waals surface area contributed by atoms with Crippen LogP contribution in [0.4, 0.5) is 0 Å². The van der Waals surface area contributed by atoms with Gasteiger partial charge in [0.15, 0.2) is 0 Å². The molecule has 0 bridgehead atoms. The van der Waals surface area contributed by atoms with Gasteiger partial charge in [0.25, 0.3) is 0 Å². The quantitative estimate of drug-likeness (QED) is 0.302. The lowest BCUT2D eigenvalue weighted by Crippen LogP contribution is -2.51. The standard InChI is InChI=1S/C31H36N10O/c1-6-28(39-13-15-40(16-14-39)31(42)30(37(3)4)23-9-7-22(2)8-10-23)33-12-11-26-29-24(17-32)18-35-41(29)21-27(36-26)25-19-34-38(5)20-25/h6-10,12,18-21,30H,11,13-16H2,1-5H3/b28-6+,33-12-. The van der Waals surface area contributed by atoms with E-state index in [0.29, 0.717) is 49.4 Å². The summed E-state index contributed by atoms with van der Waals surface area (Å²) in [6.07, 6.45) is 11.3. The Kier molecular flexibility index (Phi) is 8.45. The number of nitrogens with zero attached hydrogens (tertiary/aromatic N) is 10. The minimum Gasteiger partial charge on any atom is -0.353 e. The van der Waals surface area contributed by atoms with Crippen LogP contribution in [0.3, 0.4) is 0 Å². The number of carbonyl (C=O) groups excluding carboxylic acids is 1. The molecule has 11 nitrogen and oxygen atoms in total. The average molecular weight is 565 g/mol. The molecule has 1 unspecified atom stereocenters. The molecule has 11 heteroatoms. The number of hydrogen-bond acceptors (Lipinski definition) is 8. The van der Waals surface area contributed by atoms with Crippen LogP contribution in [0.2, 0.25) is 0 Å². The first-order valence-corrected chi connectivity index (χ1v) is 14.0. The molecular formula is C31H36N10O. The van der Waals surface area contributed by atoms with Crippen molar-refractivity contribution in [3.05, 3.63) is 83.3 Å². The number of rotatable bonds is 8. The normalized spacial score (nSPS) is 15.1. The van der Waals surface area contributed by atoms with Gasteiger partial charge in [-0.05, 0) is 39.6 Å². The zero-order valence-corrected chi connectivity index (χ0v) is 24.8. The Bertz CT molecular complexity index is 1660. The molecule has 3 aromatic heterocycles. The number of aliphatic imine (C=N–C) groups is 1. The fourth-order valence-electron chi connectivity index (χ4n) is 5.31. The first-order chi connectivity index (χ1) is 20.3. The van der Waals surface area contributed by atoms with Crippen molar-refractivity contribution in [3.63, 3.8) is 0 Å². The summed E-state index contributed by atoms with van der Waals surface area (Å²) in [5, 5.41) is 18.3.